The Labute approximate surface area is 204 Å². The van der Waals surface area contributed by atoms with E-state index in [4.69, 9.17) is 5.11 Å². The van der Waals surface area contributed by atoms with E-state index in [0.717, 1.165) is 0 Å². The van der Waals surface area contributed by atoms with E-state index in [0.29, 0.717) is 11.1 Å². The van der Waals surface area contributed by atoms with Crippen molar-refractivity contribution in [3.8, 4) is 11.4 Å². The highest BCUT2D eigenvalue weighted by molar-refractivity contribution is 6.45. The molecule has 0 bridgehead atoms. The van der Waals surface area contributed by atoms with Crippen molar-refractivity contribution in [2.45, 2.75) is 6.54 Å². The molecule has 2 amide bonds. The second kappa shape index (κ2) is 9.66. The number of rotatable bonds is 6. The topological polar surface area (TPSA) is 137 Å². The van der Waals surface area contributed by atoms with Crippen LogP contribution in [0, 0.1) is 5.82 Å². The van der Waals surface area contributed by atoms with Gasteiger partial charge in [-0.2, -0.15) is 4.80 Å². The second-order valence-corrected chi connectivity index (χ2v) is 8.26. The van der Waals surface area contributed by atoms with Crippen LogP contribution in [0.3, 0.4) is 0 Å². The lowest BCUT2D eigenvalue weighted by Crippen LogP contribution is -2.52. The molecule has 184 valence electrons. The Morgan fingerprint density at radius 2 is 1.72 bits per heavy atom. The number of aliphatic hydroxyl groups is 1. The van der Waals surface area contributed by atoms with Crippen LogP contribution in [-0.4, -0.2) is 90.5 Å². The summed E-state index contributed by atoms with van der Waals surface area (Å²) in [5.41, 5.74) is 1.12. The number of aromatic nitrogens is 5. The molecule has 0 spiro atoms. The highest BCUT2D eigenvalue weighted by atomic mass is 19.1. The van der Waals surface area contributed by atoms with Crippen LogP contribution >= 0.6 is 0 Å². The normalized spacial score (nSPS) is 13.8. The lowest BCUT2D eigenvalue weighted by atomic mass is 10.0. The monoisotopic (exact) mass is 491 g/mol. The molecule has 1 saturated heterocycles. The standard InChI is InChI=1S/C24H22FN7O4/c25-18-7-6-16(22-27-29-32(28-22)12-13-33)20-19(18)17(14-26-20)21(34)24(36)31-10-8-30(9-11-31)23(35)15-4-2-1-3-5-15/h1-7,14,26,33H,8-13H2. The number of tetrazole rings is 1. The van der Waals surface area contributed by atoms with E-state index in [1.165, 1.54) is 28.0 Å². The first-order valence-electron chi connectivity index (χ1n) is 11.3. The summed E-state index contributed by atoms with van der Waals surface area (Å²) >= 11 is 0. The Bertz CT molecular complexity index is 1440. The first kappa shape index (κ1) is 23.3. The second-order valence-electron chi connectivity index (χ2n) is 8.26. The fourth-order valence-electron chi connectivity index (χ4n) is 4.24. The number of amides is 2. The van der Waals surface area contributed by atoms with Crippen molar-refractivity contribution >= 4 is 28.5 Å². The highest BCUT2D eigenvalue weighted by Crippen LogP contribution is 2.30. The number of Topliss-reactive ketones (excluding diaryl/α,β-unsaturated/α-hetero) is 1. The van der Waals surface area contributed by atoms with Crippen LogP contribution in [0.1, 0.15) is 20.7 Å². The molecule has 11 nitrogen and oxygen atoms in total. The summed E-state index contributed by atoms with van der Waals surface area (Å²) in [7, 11) is 0. The number of hydrogen-bond acceptors (Lipinski definition) is 7. The smallest absolute Gasteiger partial charge is 0.295 e. The van der Waals surface area contributed by atoms with E-state index in [-0.39, 0.29) is 67.5 Å². The van der Waals surface area contributed by atoms with Gasteiger partial charge in [-0.1, -0.05) is 18.2 Å². The first-order valence-corrected chi connectivity index (χ1v) is 11.3. The number of benzene rings is 2. The molecule has 36 heavy (non-hydrogen) atoms. The number of carbonyl (C=O) groups is 3. The van der Waals surface area contributed by atoms with E-state index < -0.39 is 17.5 Å². The summed E-state index contributed by atoms with van der Waals surface area (Å²) in [6.07, 6.45) is 1.30. The van der Waals surface area contributed by atoms with Crippen molar-refractivity contribution in [2.24, 2.45) is 0 Å². The zero-order chi connectivity index (χ0) is 25.2. The molecule has 5 rings (SSSR count). The van der Waals surface area contributed by atoms with Crippen molar-refractivity contribution in [2.75, 3.05) is 32.8 Å². The molecule has 1 aliphatic heterocycles. The maximum absolute atomic E-state index is 14.8. The molecular formula is C24H22FN7O4. The van der Waals surface area contributed by atoms with Gasteiger partial charge < -0.3 is 19.9 Å². The van der Waals surface area contributed by atoms with E-state index in [9.17, 15) is 18.8 Å². The molecule has 0 atom stereocenters. The van der Waals surface area contributed by atoms with Crippen LogP contribution in [0.15, 0.2) is 48.7 Å². The number of carbonyl (C=O) groups excluding carboxylic acids is 3. The third-order valence-electron chi connectivity index (χ3n) is 6.09. The van der Waals surface area contributed by atoms with Crippen molar-refractivity contribution in [1.29, 1.82) is 0 Å². The number of piperazine rings is 1. The van der Waals surface area contributed by atoms with E-state index in [1.54, 1.807) is 29.2 Å². The van der Waals surface area contributed by atoms with Crippen LogP contribution in [0.2, 0.25) is 0 Å². The van der Waals surface area contributed by atoms with E-state index in [1.807, 2.05) is 6.07 Å². The Morgan fingerprint density at radius 1 is 1.00 bits per heavy atom. The number of H-pyrrole nitrogens is 1. The summed E-state index contributed by atoms with van der Waals surface area (Å²) in [4.78, 5) is 45.8. The number of nitrogens with zero attached hydrogens (tertiary/aromatic N) is 6. The van der Waals surface area contributed by atoms with Gasteiger partial charge >= 0.3 is 0 Å². The predicted octanol–water partition coefficient (Wildman–Crippen LogP) is 1.12. The Balaban J connectivity index is 1.34. The molecule has 1 aliphatic rings. The van der Waals surface area contributed by atoms with Crippen molar-refractivity contribution in [3.05, 3.63) is 65.6 Å². The van der Waals surface area contributed by atoms with Gasteiger partial charge in [0, 0.05) is 48.9 Å². The molecule has 0 radical (unpaired) electrons. The number of aliphatic hydroxyl groups excluding tert-OH is 1. The fourth-order valence-corrected chi connectivity index (χ4v) is 4.24. The summed E-state index contributed by atoms with van der Waals surface area (Å²) in [6, 6.07) is 11.5. The fraction of sp³-hybridized carbons (Fsp3) is 0.250. The number of aromatic amines is 1. The number of hydrogen-bond donors (Lipinski definition) is 2. The summed E-state index contributed by atoms with van der Waals surface area (Å²) in [5.74, 6) is -2.24. The van der Waals surface area contributed by atoms with Gasteiger partial charge in [-0.15, -0.1) is 10.2 Å². The molecule has 12 heteroatoms. The molecule has 0 saturated carbocycles. The van der Waals surface area contributed by atoms with Crippen LogP contribution in [0.25, 0.3) is 22.3 Å². The quantitative estimate of drug-likeness (QED) is 0.305. The van der Waals surface area contributed by atoms with E-state index in [2.05, 4.69) is 20.4 Å². The average Bonchev–Trinajstić information content (AvgIpc) is 3.57. The molecule has 1 fully saturated rings. The highest BCUT2D eigenvalue weighted by Gasteiger charge is 2.31. The lowest BCUT2D eigenvalue weighted by molar-refractivity contribution is -0.127. The van der Waals surface area contributed by atoms with Gasteiger partial charge in [0.25, 0.3) is 17.6 Å². The molecule has 2 N–H and O–H groups in total. The maximum atomic E-state index is 14.8. The van der Waals surface area contributed by atoms with Crippen molar-refractivity contribution < 1.29 is 23.9 Å². The predicted molar refractivity (Wildman–Crippen MR) is 125 cm³/mol. The van der Waals surface area contributed by atoms with Crippen LogP contribution in [-0.2, 0) is 11.3 Å². The lowest BCUT2D eigenvalue weighted by Gasteiger charge is -2.34. The molecule has 2 aromatic heterocycles. The molecule has 4 aromatic rings. The largest absolute Gasteiger partial charge is 0.394 e. The van der Waals surface area contributed by atoms with Crippen LogP contribution in [0.5, 0.6) is 0 Å². The van der Waals surface area contributed by atoms with E-state index >= 15 is 0 Å². The number of halogens is 1. The molecule has 0 unspecified atom stereocenters. The number of nitrogens with one attached hydrogen (secondary N) is 1. The van der Waals surface area contributed by atoms with Gasteiger partial charge in [0.15, 0.2) is 0 Å². The Morgan fingerprint density at radius 3 is 2.44 bits per heavy atom. The molecule has 0 aliphatic carbocycles. The minimum absolute atomic E-state index is 0.0396. The molecule has 3 heterocycles. The van der Waals surface area contributed by atoms with Gasteiger partial charge in [0.05, 0.1) is 24.2 Å². The third kappa shape index (κ3) is 4.22. The SMILES string of the molecule is O=C(C(=O)N1CCN(C(=O)c2ccccc2)CC1)c1c[nH]c2c(-c3nnn(CCO)n3)ccc(F)c12. The first-order chi connectivity index (χ1) is 17.5. The summed E-state index contributed by atoms with van der Waals surface area (Å²) in [6.45, 7) is 0.925. The van der Waals surface area contributed by atoms with Crippen LogP contribution < -0.4 is 0 Å². The summed E-state index contributed by atoms with van der Waals surface area (Å²) < 4.78 is 14.8. The average molecular weight is 491 g/mol. The van der Waals surface area contributed by atoms with Gasteiger partial charge in [-0.05, 0) is 29.5 Å². The molecule has 2 aromatic carbocycles. The minimum atomic E-state index is -0.850. The zero-order valence-electron chi connectivity index (χ0n) is 19.1. The zero-order valence-corrected chi connectivity index (χ0v) is 19.1. The summed E-state index contributed by atoms with van der Waals surface area (Å²) in [5, 5.41) is 20.9. The maximum Gasteiger partial charge on any atom is 0.295 e. The Hall–Kier alpha value is -4.45. The van der Waals surface area contributed by atoms with Crippen molar-refractivity contribution in [3.63, 3.8) is 0 Å². The minimum Gasteiger partial charge on any atom is -0.394 e. The number of ketones is 1. The number of fused-ring (bicyclic) bond motifs is 1. The van der Waals surface area contributed by atoms with Gasteiger partial charge in [-0.3, -0.25) is 14.4 Å². The third-order valence-corrected chi connectivity index (χ3v) is 6.09. The molecular weight excluding hydrogens is 469 g/mol. The Kier molecular flexibility index (Phi) is 6.25. The van der Waals surface area contributed by atoms with Crippen LogP contribution in [0.4, 0.5) is 4.39 Å². The van der Waals surface area contributed by atoms with Gasteiger partial charge in [0.1, 0.15) is 5.82 Å². The van der Waals surface area contributed by atoms with Gasteiger partial charge in [0.2, 0.25) is 5.82 Å². The van der Waals surface area contributed by atoms with Gasteiger partial charge in [-0.25, -0.2) is 4.39 Å². The van der Waals surface area contributed by atoms with Crippen molar-refractivity contribution in [1.82, 2.24) is 35.0 Å².